The smallest absolute Gasteiger partial charge is 0.261 e. The first-order valence-corrected chi connectivity index (χ1v) is 9.14. The van der Waals surface area contributed by atoms with Crippen molar-refractivity contribution in [2.24, 2.45) is 0 Å². The molecule has 0 fully saturated rings. The standard InChI is InChI=1S/C22H18N2O5/c1-2-28-19-8-4-3-7-18(19)23-20(25)14-9-10-16-17(12-14)22(27)24(21(16)26)13-15-6-5-11-29-15/h3-12H,2,13H2,1H3,(H,23,25). The first-order valence-electron chi connectivity index (χ1n) is 9.14. The summed E-state index contributed by atoms with van der Waals surface area (Å²) in [7, 11) is 0. The number of amides is 3. The molecule has 0 saturated carbocycles. The third kappa shape index (κ3) is 3.50. The topological polar surface area (TPSA) is 88.8 Å². The molecule has 2 aromatic carbocycles. The molecular weight excluding hydrogens is 372 g/mol. The Morgan fingerprint density at radius 3 is 2.59 bits per heavy atom. The van der Waals surface area contributed by atoms with Crippen LogP contribution < -0.4 is 10.1 Å². The van der Waals surface area contributed by atoms with E-state index in [4.69, 9.17) is 9.15 Å². The quantitative estimate of drug-likeness (QED) is 0.648. The summed E-state index contributed by atoms with van der Waals surface area (Å²) in [5, 5.41) is 2.79. The maximum atomic E-state index is 12.7. The van der Waals surface area contributed by atoms with Gasteiger partial charge in [-0.15, -0.1) is 0 Å². The molecule has 3 aromatic rings. The van der Waals surface area contributed by atoms with E-state index in [-0.39, 0.29) is 23.2 Å². The van der Waals surface area contributed by atoms with E-state index in [1.54, 1.807) is 30.3 Å². The molecule has 146 valence electrons. The average molecular weight is 390 g/mol. The molecule has 1 aliphatic heterocycles. The lowest BCUT2D eigenvalue weighted by molar-refractivity contribution is 0.0631. The Bertz CT molecular complexity index is 1090. The predicted octanol–water partition coefficient (Wildman–Crippen LogP) is 3.73. The highest BCUT2D eigenvalue weighted by molar-refractivity contribution is 6.22. The number of nitrogens with zero attached hydrogens (tertiary/aromatic N) is 1. The van der Waals surface area contributed by atoms with Gasteiger partial charge in [-0.1, -0.05) is 12.1 Å². The van der Waals surface area contributed by atoms with E-state index in [2.05, 4.69) is 5.32 Å². The fraction of sp³-hybridized carbons (Fsp3) is 0.136. The van der Waals surface area contributed by atoms with E-state index >= 15 is 0 Å². The van der Waals surface area contributed by atoms with Crippen LogP contribution in [0.3, 0.4) is 0 Å². The summed E-state index contributed by atoms with van der Waals surface area (Å²) in [4.78, 5) is 39.1. The summed E-state index contributed by atoms with van der Waals surface area (Å²) in [5.41, 5.74) is 1.28. The summed E-state index contributed by atoms with van der Waals surface area (Å²) in [5.74, 6) is -0.198. The van der Waals surface area contributed by atoms with Crippen molar-refractivity contribution < 1.29 is 23.5 Å². The van der Waals surface area contributed by atoms with Gasteiger partial charge in [0.05, 0.1) is 36.2 Å². The van der Waals surface area contributed by atoms with Gasteiger partial charge in [0.25, 0.3) is 17.7 Å². The number of rotatable bonds is 6. The van der Waals surface area contributed by atoms with Gasteiger partial charge in [0.1, 0.15) is 11.5 Å². The van der Waals surface area contributed by atoms with Gasteiger partial charge in [0.15, 0.2) is 0 Å². The normalized spacial score (nSPS) is 12.8. The molecule has 3 amide bonds. The molecule has 0 atom stereocenters. The van der Waals surface area contributed by atoms with Crippen LogP contribution in [0.25, 0.3) is 0 Å². The third-order valence-electron chi connectivity index (χ3n) is 4.56. The number of furan rings is 1. The highest BCUT2D eigenvalue weighted by atomic mass is 16.5. The van der Waals surface area contributed by atoms with Crippen molar-refractivity contribution in [3.63, 3.8) is 0 Å². The molecule has 1 N–H and O–H groups in total. The van der Waals surface area contributed by atoms with Crippen LogP contribution in [0.1, 0.15) is 43.8 Å². The van der Waals surface area contributed by atoms with Gasteiger partial charge in [-0.05, 0) is 49.4 Å². The zero-order valence-electron chi connectivity index (χ0n) is 15.7. The Hall–Kier alpha value is -3.87. The lowest BCUT2D eigenvalue weighted by Crippen LogP contribution is -2.28. The molecule has 4 rings (SSSR count). The molecule has 0 unspecified atom stereocenters. The van der Waals surface area contributed by atoms with Gasteiger partial charge in [0.2, 0.25) is 0 Å². The largest absolute Gasteiger partial charge is 0.492 e. The minimum Gasteiger partial charge on any atom is -0.492 e. The summed E-state index contributed by atoms with van der Waals surface area (Å²) in [6.45, 7) is 2.37. The number of anilines is 1. The monoisotopic (exact) mass is 390 g/mol. The van der Waals surface area contributed by atoms with Crippen LogP contribution in [0.2, 0.25) is 0 Å². The number of nitrogens with one attached hydrogen (secondary N) is 1. The minimum absolute atomic E-state index is 0.0443. The number of imide groups is 1. The van der Waals surface area contributed by atoms with E-state index < -0.39 is 17.7 Å². The van der Waals surface area contributed by atoms with Gasteiger partial charge < -0.3 is 14.5 Å². The van der Waals surface area contributed by atoms with Crippen LogP contribution in [0.15, 0.2) is 65.3 Å². The number of benzene rings is 2. The number of hydrogen-bond donors (Lipinski definition) is 1. The maximum Gasteiger partial charge on any atom is 0.261 e. The summed E-state index contributed by atoms with van der Waals surface area (Å²) in [6.07, 6.45) is 1.48. The van der Waals surface area contributed by atoms with Crippen LogP contribution >= 0.6 is 0 Å². The van der Waals surface area contributed by atoms with Gasteiger partial charge in [0, 0.05) is 5.56 Å². The van der Waals surface area contributed by atoms with E-state index in [9.17, 15) is 14.4 Å². The number of para-hydroxylation sites is 2. The Kier molecular flexibility index (Phi) is 4.87. The second-order valence-electron chi connectivity index (χ2n) is 6.42. The van der Waals surface area contributed by atoms with E-state index in [0.717, 1.165) is 4.90 Å². The maximum absolute atomic E-state index is 12.7. The van der Waals surface area contributed by atoms with Crippen molar-refractivity contribution in [3.8, 4) is 5.75 Å². The second-order valence-corrected chi connectivity index (χ2v) is 6.42. The molecule has 0 bridgehead atoms. The number of carbonyl (C=O) groups excluding carboxylic acids is 3. The van der Waals surface area contributed by atoms with Crippen LogP contribution in [0.5, 0.6) is 5.75 Å². The van der Waals surface area contributed by atoms with Crippen LogP contribution in [0, 0.1) is 0 Å². The number of carbonyl (C=O) groups is 3. The predicted molar refractivity (Wildman–Crippen MR) is 105 cm³/mol. The van der Waals surface area contributed by atoms with Crippen molar-refractivity contribution in [1.29, 1.82) is 0 Å². The molecule has 1 aliphatic rings. The Labute approximate surface area is 166 Å². The Balaban J connectivity index is 1.57. The van der Waals surface area contributed by atoms with Crippen molar-refractivity contribution in [2.75, 3.05) is 11.9 Å². The second kappa shape index (κ2) is 7.63. The Morgan fingerprint density at radius 2 is 1.83 bits per heavy atom. The molecule has 1 aromatic heterocycles. The van der Waals surface area contributed by atoms with Gasteiger partial charge in [-0.3, -0.25) is 19.3 Å². The molecule has 2 heterocycles. The van der Waals surface area contributed by atoms with Crippen molar-refractivity contribution >= 4 is 23.4 Å². The van der Waals surface area contributed by atoms with Crippen LogP contribution in [0.4, 0.5) is 5.69 Å². The summed E-state index contributed by atoms with van der Waals surface area (Å²) in [6, 6.07) is 14.9. The fourth-order valence-corrected chi connectivity index (χ4v) is 3.18. The SMILES string of the molecule is CCOc1ccccc1NC(=O)c1ccc2c(c1)C(=O)N(Cc1ccco1)C2=O. The molecule has 0 saturated heterocycles. The zero-order chi connectivity index (χ0) is 20.4. The molecular formula is C22H18N2O5. The molecule has 7 heteroatoms. The zero-order valence-corrected chi connectivity index (χ0v) is 15.7. The molecule has 0 radical (unpaired) electrons. The summed E-state index contributed by atoms with van der Waals surface area (Å²) < 4.78 is 10.7. The van der Waals surface area contributed by atoms with Gasteiger partial charge in [-0.25, -0.2) is 0 Å². The highest BCUT2D eigenvalue weighted by Gasteiger charge is 2.36. The first kappa shape index (κ1) is 18.5. The molecule has 0 spiro atoms. The first-order chi connectivity index (χ1) is 14.1. The van der Waals surface area contributed by atoms with E-state index in [1.807, 2.05) is 13.0 Å². The van der Waals surface area contributed by atoms with Crippen molar-refractivity contribution in [1.82, 2.24) is 4.90 Å². The third-order valence-corrected chi connectivity index (χ3v) is 4.56. The molecule has 29 heavy (non-hydrogen) atoms. The molecule has 7 nitrogen and oxygen atoms in total. The average Bonchev–Trinajstić information content (AvgIpc) is 3.32. The van der Waals surface area contributed by atoms with Crippen molar-refractivity contribution in [2.45, 2.75) is 13.5 Å². The minimum atomic E-state index is -0.453. The highest BCUT2D eigenvalue weighted by Crippen LogP contribution is 2.27. The lowest BCUT2D eigenvalue weighted by Gasteiger charge is -2.11. The van der Waals surface area contributed by atoms with Crippen LogP contribution in [-0.2, 0) is 6.54 Å². The summed E-state index contributed by atoms with van der Waals surface area (Å²) >= 11 is 0. The van der Waals surface area contributed by atoms with Gasteiger partial charge >= 0.3 is 0 Å². The molecule has 0 aliphatic carbocycles. The van der Waals surface area contributed by atoms with Gasteiger partial charge in [-0.2, -0.15) is 0 Å². The lowest BCUT2D eigenvalue weighted by atomic mass is 10.1. The van der Waals surface area contributed by atoms with E-state index in [1.165, 1.54) is 24.5 Å². The van der Waals surface area contributed by atoms with E-state index in [0.29, 0.717) is 23.8 Å². The fourth-order valence-electron chi connectivity index (χ4n) is 3.18. The Morgan fingerprint density at radius 1 is 1.03 bits per heavy atom. The number of fused-ring (bicyclic) bond motifs is 1. The van der Waals surface area contributed by atoms with Crippen molar-refractivity contribution in [3.05, 3.63) is 83.3 Å². The van der Waals surface area contributed by atoms with Crippen LogP contribution in [-0.4, -0.2) is 29.2 Å². The number of ether oxygens (including phenoxy) is 1. The number of hydrogen-bond acceptors (Lipinski definition) is 5.